The minimum absolute atomic E-state index is 0.00760. The lowest BCUT2D eigenvalue weighted by atomic mass is 9.92. The van der Waals surface area contributed by atoms with Gasteiger partial charge in [0.2, 0.25) is 0 Å². The maximum atomic E-state index is 13.7. The monoisotopic (exact) mass is 467 g/mol. The highest BCUT2D eigenvalue weighted by atomic mass is 19.4. The maximum Gasteiger partial charge on any atom is 0.416 e. The van der Waals surface area contributed by atoms with Crippen LogP contribution in [0, 0.1) is 5.82 Å². The first-order valence-corrected chi connectivity index (χ1v) is 11.0. The highest BCUT2D eigenvalue weighted by Crippen LogP contribution is 2.40. The Hall–Kier alpha value is -2.61. The number of esters is 1. The molecule has 0 radical (unpaired) electrons. The number of aryl methyl sites for hydroxylation is 1. The predicted octanol–water partition coefficient (Wildman–Crippen LogP) is 5.95. The van der Waals surface area contributed by atoms with Gasteiger partial charge in [-0.2, -0.15) is 13.2 Å². The molecule has 0 aliphatic heterocycles. The van der Waals surface area contributed by atoms with Gasteiger partial charge >= 0.3 is 12.1 Å². The van der Waals surface area contributed by atoms with E-state index < -0.39 is 23.5 Å². The Balaban J connectivity index is 1.69. The highest BCUT2D eigenvalue weighted by molar-refractivity contribution is 5.69. The van der Waals surface area contributed by atoms with Gasteiger partial charge in [-0.15, -0.1) is 0 Å². The molecule has 1 saturated carbocycles. The molecule has 2 aromatic rings. The van der Waals surface area contributed by atoms with Crippen LogP contribution in [0.3, 0.4) is 0 Å². The third-order valence-electron chi connectivity index (χ3n) is 6.33. The molecule has 0 spiro atoms. The van der Waals surface area contributed by atoms with Crippen molar-refractivity contribution in [1.82, 2.24) is 5.32 Å². The number of halogens is 4. The number of carbonyl (C=O) groups is 1. The third kappa shape index (κ3) is 6.25. The Kier molecular flexibility index (Phi) is 8.00. The fourth-order valence-electron chi connectivity index (χ4n) is 4.50. The zero-order valence-corrected chi connectivity index (χ0v) is 19.0. The Morgan fingerprint density at radius 3 is 2.58 bits per heavy atom. The molecule has 1 fully saturated rings. The van der Waals surface area contributed by atoms with Crippen LogP contribution in [-0.2, 0) is 22.1 Å². The van der Waals surface area contributed by atoms with Gasteiger partial charge in [-0.1, -0.05) is 18.2 Å². The molecule has 0 heterocycles. The molecule has 2 aromatic carbocycles. The third-order valence-corrected chi connectivity index (χ3v) is 6.33. The van der Waals surface area contributed by atoms with Gasteiger partial charge in [0.1, 0.15) is 0 Å². The molecule has 1 aliphatic rings. The summed E-state index contributed by atoms with van der Waals surface area (Å²) in [5.74, 6) is -0.777. The fraction of sp³-hybridized carbons (Fsp3) is 0.480. The average molecular weight is 468 g/mol. The lowest BCUT2D eigenvalue weighted by Gasteiger charge is -2.21. The van der Waals surface area contributed by atoms with Crippen LogP contribution >= 0.6 is 0 Å². The molecule has 33 heavy (non-hydrogen) atoms. The van der Waals surface area contributed by atoms with E-state index in [1.54, 1.807) is 18.2 Å². The summed E-state index contributed by atoms with van der Waals surface area (Å²) in [5.41, 5.74) is 0.950. The molecule has 1 aliphatic carbocycles. The summed E-state index contributed by atoms with van der Waals surface area (Å²) in [7, 11) is 2.63. The summed E-state index contributed by atoms with van der Waals surface area (Å²) in [6, 6.07) is 9.24. The summed E-state index contributed by atoms with van der Waals surface area (Å²) in [6.45, 7) is 1.97. The standard InChI is InChI=1S/C25H29F4NO3/c1-15(17-7-10-22(26)23(14-17)32-2)30-20-9-6-18(12-20)19-5-4-16(8-11-24(31)33-3)21(13-19)25(27,28)29/h4-5,7,10,13-15,18,20,30H,6,8-9,11-12H2,1-3H3/t15-,18+,20+/m1/s1. The number of rotatable bonds is 8. The second kappa shape index (κ2) is 10.5. The molecule has 0 saturated heterocycles. The van der Waals surface area contributed by atoms with E-state index in [2.05, 4.69) is 10.1 Å². The lowest BCUT2D eigenvalue weighted by molar-refractivity contribution is -0.142. The van der Waals surface area contributed by atoms with Gasteiger partial charge in [0.05, 0.1) is 19.8 Å². The minimum atomic E-state index is -4.49. The van der Waals surface area contributed by atoms with Crippen molar-refractivity contribution in [1.29, 1.82) is 0 Å². The molecule has 3 rings (SSSR count). The van der Waals surface area contributed by atoms with E-state index in [1.165, 1.54) is 32.4 Å². The molecule has 0 amide bonds. The first kappa shape index (κ1) is 25.0. The molecular formula is C25H29F4NO3. The van der Waals surface area contributed by atoms with Crippen molar-refractivity contribution < 1.29 is 31.8 Å². The number of hydrogen-bond acceptors (Lipinski definition) is 4. The number of hydrogen-bond donors (Lipinski definition) is 1. The minimum Gasteiger partial charge on any atom is -0.494 e. The topological polar surface area (TPSA) is 47.6 Å². The Labute approximate surface area is 191 Å². The zero-order chi connectivity index (χ0) is 24.2. The van der Waals surface area contributed by atoms with Crippen LogP contribution < -0.4 is 10.1 Å². The Morgan fingerprint density at radius 1 is 1.15 bits per heavy atom. The number of benzene rings is 2. The van der Waals surface area contributed by atoms with Crippen molar-refractivity contribution in [3.8, 4) is 5.75 Å². The van der Waals surface area contributed by atoms with Crippen LogP contribution in [0.2, 0.25) is 0 Å². The smallest absolute Gasteiger partial charge is 0.416 e. The zero-order valence-electron chi connectivity index (χ0n) is 19.0. The van der Waals surface area contributed by atoms with Gasteiger partial charge in [-0.25, -0.2) is 4.39 Å². The van der Waals surface area contributed by atoms with Gasteiger partial charge < -0.3 is 14.8 Å². The molecule has 180 valence electrons. The fourth-order valence-corrected chi connectivity index (χ4v) is 4.50. The molecular weight excluding hydrogens is 438 g/mol. The quantitative estimate of drug-likeness (QED) is 0.385. The average Bonchev–Trinajstić information content (AvgIpc) is 3.25. The van der Waals surface area contributed by atoms with E-state index in [0.717, 1.165) is 18.4 Å². The highest BCUT2D eigenvalue weighted by Gasteiger charge is 2.35. The SMILES string of the molecule is COC(=O)CCc1ccc([C@H]2CC[C@H](N[C@H](C)c3ccc(F)c(OC)c3)C2)cc1C(F)(F)F. The van der Waals surface area contributed by atoms with E-state index in [-0.39, 0.29) is 42.2 Å². The maximum absolute atomic E-state index is 13.7. The number of ether oxygens (including phenoxy) is 2. The number of carbonyl (C=O) groups excluding carboxylic acids is 1. The normalized spacial score (nSPS) is 19.4. The van der Waals surface area contributed by atoms with Crippen LogP contribution in [0.1, 0.15) is 66.8 Å². The summed E-state index contributed by atoms with van der Waals surface area (Å²) in [6.07, 6.45) is -2.29. The molecule has 3 atom stereocenters. The van der Waals surface area contributed by atoms with Gasteiger partial charge in [0, 0.05) is 18.5 Å². The van der Waals surface area contributed by atoms with Gasteiger partial charge in [-0.3, -0.25) is 4.79 Å². The van der Waals surface area contributed by atoms with Crippen molar-refractivity contribution in [3.63, 3.8) is 0 Å². The summed E-state index contributed by atoms with van der Waals surface area (Å²) in [4.78, 5) is 11.4. The van der Waals surface area contributed by atoms with Gasteiger partial charge in [0.15, 0.2) is 11.6 Å². The lowest BCUT2D eigenvalue weighted by Crippen LogP contribution is -2.29. The van der Waals surface area contributed by atoms with Crippen molar-refractivity contribution in [2.75, 3.05) is 14.2 Å². The molecule has 0 aromatic heterocycles. The van der Waals surface area contributed by atoms with E-state index in [0.29, 0.717) is 12.0 Å². The van der Waals surface area contributed by atoms with E-state index in [4.69, 9.17) is 4.74 Å². The van der Waals surface area contributed by atoms with E-state index >= 15 is 0 Å². The molecule has 1 N–H and O–H groups in total. The second-order valence-corrected chi connectivity index (χ2v) is 8.48. The van der Waals surface area contributed by atoms with Gasteiger partial charge in [0.25, 0.3) is 0 Å². The second-order valence-electron chi connectivity index (χ2n) is 8.48. The van der Waals surface area contributed by atoms with Crippen LogP contribution in [0.4, 0.5) is 17.6 Å². The Bertz CT molecular complexity index is 977. The van der Waals surface area contributed by atoms with Crippen LogP contribution in [0.25, 0.3) is 0 Å². The van der Waals surface area contributed by atoms with Crippen LogP contribution in [0.5, 0.6) is 5.75 Å². The molecule has 4 nitrogen and oxygen atoms in total. The molecule has 8 heteroatoms. The van der Waals surface area contributed by atoms with Crippen LogP contribution in [0.15, 0.2) is 36.4 Å². The van der Waals surface area contributed by atoms with Crippen molar-refractivity contribution in [3.05, 3.63) is 64.5 Å². The number of nitrogens with one attached hydrogen (secondary N) is 1. The van der Waals surface area contributed by atoms with Crippen LogP contribution in [-0.4, -0.2) is 26.2 Å². The van der Waals surface area contributed by atoms with E-state index in [1.807, 2.05) is 6.92 Å². The molecule has 0 bridgehead atoms. The van der Waals surface area contributed by atoms with Crippen molar-refractivity contribution >= 4 is 5.97 Å². The van der Waals surface area contributed by atoms with Gasteiger partial charge in [-0.05, 0) is 73.4 Å². The first-order valence-electron chi connectivity index (χ1n) is 11.0. The summed E-state index contributed by atoms with van der Waals surface area (Å²) in [5, 5.41) is 3.51. The largest absolute Gasteiger partial charge is 0.494 e. The van der Waals surface area contributed by atoms with Crippen molar-refractivity contribution in [2.24, 2.45) is 0 Å². The van der Waals surface area contributed by atoms with Crippen molar-refractivity contribution in [2.45, 2.75) is 63.2 Å². The number of methoxy groups -OCH3 is 2. The first-order chi connectivity index (χ1) is 15.6. The Morgan fingerprint density at radius 2 is 1.91 bits per heavy atom. The van der Waals surface area contributed by atoms with E-state index in [9.17, 15) is 22.4 Å². The number of alkyl halides is 3. The summed E-state index contributed by atoms with van der Waals surface area (Å²) < 4.78 is 64.3. The predicted molar refractivity (Wildman–Crippen MR) is 117 cm³/mol. The molecule has 0 unspecified atom stereocenters. The summed E-state index contributed by atoms with van der Waals surface area (Å²) >= 11 is 0.